The van der Waals surface area contributed by atoms with Gasteiger partial charge in [-0.3, -0.25) is 4.90 Å². The molecule has 0 aliphatic carbocycles. The van der Waals surface area contributed by atoms with E-state index in [1.165, 1.54) is 11.4 Å². The molecule has 0 bridgehead atoms. The van der Waals surface area contributed by atoms with E-state index in [1.807, 2.05) is 0 Å². The molecule has 2 aromatic rings. The predicted octanol–water partition coefficient (Wildman–Crippen LogP) is 2.69. The molecule has 1 N–H and O–H groups in total. The molecule has 0 unspecified atom stereocenters. The fraction of sp³-hybridized carbons (Fsp3) is 0.636. The molecule has 0 amide bonds. The summed E-state index contributed by atoms with van der Waals surface area (Å²) in [5.41, 5.74) is 2.44. The van der Waals surface area contributed by atoms with Gasteiger partial charge in [-0.1, -0.05) is 6.07 Å². The number of ether oxygens (including phenoxy) is 2. The largest absolute Gasteiger partial charge is 0.491 e. The summed E-state index contributed by atoms with van der Waals surface area (Å²) >= 11 is 0. The highest BCUT2D eigenvalue weighted by molar-refractivity contribution is 5.37. The first-order chi connectivity index (χ1) is 14.1. The number of hydrogen-bond acceptors (Lipinski definition) is 6. The van der Waals surface area contributed by atoms with Crippen molar-refractivity contribution in [3.63, 3.8) is 0 Å². The molecule has 1 aromatic heterocycles. The highest BCUT2D eigenvalue weighted by Gasteiger charge is 2.27. The number of methoxy groups -OCH3 is 1. The van der Waals surface area contributed by atoms with Crippen LogP contribution in [0.25, 0.3) is 0 Å². The van der Waals surface area contributed by atoms with Gasteiger partial charge in [-0.2, -0.15) is 0 Å². The molecule has 7 heteroatoms. The van der Waals surface area contributed by atoms with E-state index < -0.39 is 0 Å². The van der Waals surface area contributed by atoms with Gasteiger partial charge in [0.1, 0.15) is 17.4 Å². The Balaban J connectivity index is 1.37. The monoisotopic (exact) mass is 399 g/mol. The fourth-order valence-corrected chi connectivity index (χ4v) is 4.39. The van der Waals surface area contributed by atoms with Crippen molar-refractivity contribution < 1.29 is 9.47 Å². The van der Waals surface area contributed by atoms with Gasteiger partial charge >= 0.3 is 0 Å². The molecule has 0 saturated carbocycles. The number of nitrogens with zero attached hydrogens (tertiary/aromatic N) is 4. The average Bonchev–Trinajstić information content (AvgIpc) is 3.15. The molecule has 3 heterocycles. The third-order valence-electron chi connectivity index (χ3n) is 5.80. The molecule has 2 aliphatic heterocycles. The maximum absolute atomic E-state index is 5.93. The Labute approximate surface area is 173 Å². The molecule has 1 fully saturated rings. The topological polar surface area (TPSA) is 64.4 Å². The Morgan fingerprint density at radius 2 is 2.00 bits per heavy atom. The van der Waals surface area contributed by atoms with E-state index in [4.69, 9.17) is 9.47 Å². The minimum atomic E-state index is 0.161. The van der Waals surface area contributed by atoms with Crippen LogP contribution < -0.4 is 10.1 Å². The quantitative estimate of drug-likeness (QED) is 0.772. The van der Waals surface area contributed by atoms with Gasteiger partial charge in [-0.25, -0.2) is 0 Å². The van der Waals surface area contributed by atoms with Gasteiger partial charge in [0.15, 0.2) is 0 Å². The first kappa shape index (κ1) is 20.3. The van der Waals surface area contributed by atoms with Crippen LogP contribution in [0.3, 0.4) is 0 Å². The van der Waals surface area contributed by atoms with Crippen LogP contribution in [0.15, 0.2) is 18.2 Å². The second kappa shape index (κ2) is 9.24. The first-order valence-electron chi connectivity index (χ1n) is 10.8. The molecule has 4 rings (SSSR count). The van der Waals surface area contributed by atoms with Gasteiger partial charge < -0.3 is 19.4 Å². The van der Waals surface area contributed by atoms with Gasteiger partial charge in [0.25, 0.3) is 0 Å². The number of likely N-dealkylation sites (tertiary alicyclic amines) is 1. The molecule has 0 atom stereocenters. The number of hydrogen-bond donors (Lipinski definition) is 1. The van der Waals surface area contributed by atoms with Crippen molar-refractivity contribution in [1.82, 2.24) is 25.0 Å². The summed E-state index contributed by atoms with van der Waals surface area (Å²) in [6.07, 6.45) is 2.45. The van der Waals surface area contributed by atoms with Crippen LogP contribution in [-0.2, 0) is 31.0 Å². The van der Waals surface area contributed by atoms with E-state index in [1.54, 1.807) is 7.11 Å². The van der Waals surface area contributed by atoms with Crippen molar-refractivity contribution in [3.8, 4) is 5.75 Å². The maximum atomic E-state index is 5.93. The number of rotatable bonds is 7. The molecular weight excluding hydrogens is 366 g/mol. The van der Waals surface area contributed by atoms with Crippen molar-refractivity contribution in [2.24, 2.45) is 0 Å². The minimum absolute atomic E-state index is 0.161. The zero-order valence-corrected chi connectivity index (χ0v) is 17.9. The Hall–Kier alpha value is -1.96. The van der Waals surface area contributed by atoms with Gasteiger partial charge in [-0.05, 0) is 57.5 Å². The van der Waals surface area contributed by atoms with Gasteiger partial charge in [0.05, 0.1) is 19.3 Å². The average molecular weight is 400 g/mol. The lowest BCUT2D eigenvalue weighted by Crippen LogP contribution is -2.34. The molecule has 0 radical (unpaired) electrons. The summed E-state index contributed by atoms with van der Waals surface area (Å²) in [6.45, 7) is 10.7. The molecule has 158 valence electrons. The third-order valence-corrected chi connectivity index (χ3v) is 5.80. The number of benzene rings is 1. The smallest absolute Gasteiger partial charge is 0.147 e. The molecule has 7 nitrogen and oxygen atoms in total. The molecule has 1 saturated heterocycles. The molecule has 0 spiro atoms. The zero-order chi connectivity index (χ0) is 20.2. The summed E-state index contributed by atoms with van der Waals surface area (Å²) in [7, 11) is 1.73. The van der Waals surface area contributed by atoms with Crippen LogP contribution >= 0.6 is 0 Å². The number of fused-ring (bicyclic) bond motifs is 1. The van der Waals surface area contributed by atoms with Gasteiger partial charge in [0, 0.05) is 38.2 Å². The Kier molecular flexibility index (Phi) is 6.47. The predicted molar refractivity (Wildman–Crippen MR) is 112 cm³/mol. The van der Waals surface area contributed by atoms with Crippen molar-refractivity contribution in [1.29, 1.82) is 0 Å². The van der Waals surface area contributed by atoms with Crippen LogP contribution in [0.5, 0.6) is 5.75 Å². The highest BCUT2D eigenvalue weighted by Crippen LogP contribution is 2.29. The molecule has 29 heavy (non-hydrogen) atoms. The van der Waals surface area contributed by atoms with Crippen molar-refractivity contribution >= 4 is 0 Å². The normalized spacial score (nSPS) is 18.2. The maximum Gasteiger partial charge on any atom is 0.147 e. The number of aromatic nitrogens is 3. The second-order valence-corrected chi connectivity index (χ2v) is 8.39. The lowest BCUT2D eigenvalue weighted by Gasteiger charge is -2.32. The van der Waals surface area contributed by atoms with Crippen LogP contribution in [0.2, 0.25) is 0 Å². The van der Waals surface area contributed by atoms with Crippen LogP contribution in [0.1, 0.15) is 55.4 Å². The van der Waals surface area contributed by atoms with E-state index >= 15 is 0 Å². The van der Waals surface area contributed by atoms with Crippen LogP contribution in [0.4, 0.5) is 0 Å². The van der Waals surface area contributed by atoms with Crippen molar-refractivity contribution in [2.75, 3.05) is 26.7 Å². The van der Waals surface area contributed by atoms with Crippen LogP contribution in [0, 0.1) is 0 Å². The Bertz CT molecular complexity index is 812. The van der Waals surface area contributed by atoms with E-state index in [0.717, 1.165) is 69.2 Å². The first-order valence-corrected chi connectivity index (χ1v) is 10.8. The summed E-state index contributed by atoms with van der Waals surface area (Å²) in [5, 5.41) is 12.3. The van der Waals surface area contributed by atoms with Crippen molar-refractivity contribution in [3.05, 3.63) is 41.0 Å². The fourth-order valence-electron chi connectivity index (χ4n) is 4.39. The molecule has 2 aliphatic rings. The second-order valence-electron chi connectivity index (χ2n) is 8.39. The van der Waals surface area contributed by atoms with E-state index in [0.29, 0.717) is 12.5 Å². The Morgan fingerprint density at radius 1 is 1.17 bits per heavy atom. The highest BCUT2D eigenvalue weighted by atomic mass is 16.5. The number of nitrogens with one attached hydrogen (secondary N) is 1. The van der Waals surface area contributed by atoms with E-state index in [2.05, 4.69) is 57.0 Å². The lowest BCUT2D eigenvalue weighted by molar-refractivity contribution is 0.174. The van der Waals surface area contributed by atoms with Gasteiger partial charge in [0.2, 0.25) is 0 Å². The standard InChI is InChI=1S/C22H33N5O2/c1-16(2)29-20-5-4-17(12-19(20)15-28-3)14-26-9-6-18(7-10-26)22-25-24-21-13-23-8-11-27(21)22/h4-5,12,16,18,23H,6-11,13-15H2,1-3H3. The third kappa shape index (κ3) is 4.79. The van der Waals surface area contributed by atoms with E-state index in [-0.39, 0.29) is 6.10 Å². The van der Waals surface area contributed by atoms with Crippen molar-refractivity contribution in [2.45, 2.75) is 65.0 Å². The lowest BCUT2D eigenvalue weighted by atomic mass is 9.95. The molecular formula is C22H33N5O2. The summed E-state index contributed by atoms with van der Waals surface area (Å²) < 4.78 is 13.6. The zero-order valence-electron chi connectivity index (χ0n) is 17.9. The molecule has 1 aromatic carbocycles. The number of piperidine rings is 1. The van der Waals surface area contributed by atoms with E-state index in [9.17, 15) is 0 Å². The summed E-state index contributed by atoms with van der Waals surface area (Å²) in [4.78, 5) is 2.54. The minimum Gasteiger partial charge on any atom is -0.491 e. The Morgan fingerprint density at radius 3 is 2.76 bits per heavy atom. The van der Waals surface area contributed by atoms with Crippen LogP contribution in [-0.4, -0.2) is 52.5 Å². The SMILES string of the molecule is COCc1cc(CN2CCC(c3nnc4n3CCNC4)CC2)ccc1OC(C)C. The summed E-state index contributed by atoms with van der Waals surface area (Å²) in [5.74, 6) is 3.73. The van der Waals surface area contributed by atoms with Gasteiger partial charge in [-0.15, -0.1) is 10.2 Å². The summed E-state index contributed by atoms with van der Waals surface area (Å²) in [6, 6.07) is 6.51.